The number of carbonyl (C=O) groups excluding carboxylic acids is 1. The molecule has 1 fully saturated rings. The van der Waals surface area contributed by atoms with Crippen LogP contribution >= 0.6 is 15.9 Å². The first-order valence-electron chi connectivity index (χ1n) is 12.2. The second-order valence-electron chi connectivity index (χ2n) is 10.0. The van der Waals surface area contributed by atoms with Crippen LogP contribution in [0, 0.1) is 0 Å². The number of aliphatic hydroxyl groups excluding tert-OH is 1. The average molecular weight is 576 g/mol. The smallest absolute Gasteiger partial charge is 0.410 e. The van der Waals surface area contributed by atoms with Crippen molar-refractivity contribution in [1.82, 2.24) is 19.3 Å². The summed E-state index contributed by atoms with van der Waals surface area (Å²) in [6.07, 6.45) is 4.61. The molecule has 10 nitrogen and oxygen atoms in total. The van der Waals surface area contributed by atoms with E-state index in [4.69, 9.17) is 19.2 Å². The highest BCUT2D eigenvalue weighted by Crippen LogP contribution is 2.35. The summed E-state index contributed by atoms with van der Waals surface area (Å²) in [7, 11) is 3.25. The Kier molecular flexibility index (Phi) is 8.13. The van der Waals surface area contributed by atoms with Crippen molar-refractivity contribution in [3.05, 3.63) is 46.6 Å². The number of hydrogen-bond acceptors (Lipinski definition) is 8. The van der Waals surface area contributed by atoms with Crippen LogP contribution in [0.3, 0.4) is 0 Å². The monoisotopic (exact) mass is 575 g/mol. The van der Waals surface area contributed by atoms with E-state index in [1.54, 1.807) is 25.3 Å². The summed E-state index contributed by atoms with van der Waals surface area (Å²) in [5, 5.41) is 13.3. The number of fused-ring (bicyclic) bond motifs is 1. The van der Waals surface area contributed by atoms with E-state index in [1.165, 1.54) is 0 Å². The number of amides is 1. The Bertz CT molecular complexity index is 1260. The molecule has 3 aromatic rings. The highest BCUT2D eigenvalue weighted by atomic mass is 79.9. The van der Waals surface area contributed by atoms with Gasteiger partial charge in [-0.15, -0.1) is 0 Å². The lowest BCUT2D eigenvalue weighted by molar-refractivity contribution is -0.00143. The molecule has 4 rings (SSSR count). The Hall–Kier alpha value is -3.05. The summed E-state index contributed by atoms with van der Waals surface area (Å²) in [5.74, 6) is 2.89. The van der Waals surface area contributed by atoms with Crippen LogP contribution in [0.25, 0.3) is 5.52 Å². The third kappa shape index (κ3) is 5.93. The van der Waals surface area contributed by atoms with Gasteiger partial charge in [0.15, 0.2) is 5.82 Å². The number of rotatable bonds is 7. The molecule has 3 heterocycles. The number of nitrogens with zero attached hydrogens (tertiary/aromatic N) is 4. The zero-order chi connectivity index (χ0) is 26.7. The normalized spacial score (nSPS) is 18.1. The van der Waals surface area contributed by atoms with Gasteiger partial charge in [0.2, 0.25) is 0 Å². The lowest BCUT2D eigenvalue weighted by atomic mass is 9.92. The number of methoxy groups -OCH3 is 2. The van der Waals surface area contributed by atoms with Crippen LogP contribution in [-0.4, -0.2) is 69.5 Å². The summed E-state index contributed by atoms with van der Waals surface area (Å²) in [5.41, 5.74) is 1.14. The number of aromatic nitrogens is 3. The van der Waals surface area contributed by atoms with Crippen molar-refractivity contribution >= 4 is 33.4 Å². The largest absolute Gasteiger partial charge is 0.497 e. The summed E-state index contributed by atoms with van der Waals surface area (Å²) in [6.45, 7) is 6.29. The number of halogens is 1. The van der Waals surface area contributed by atoms with Gasteiger partial charge in [-0.2, -0.15) is 0 Å². The fourth-order valence-corrected chi connectivity index (χ4v) is 5.15. The molecule has 1 aliphatic heterocycles. The van der Waals surface area contributed by atoms with Crippen molar-refractivity contribution in [3.8, 4) is 11.5 Å². The molecule has 0 spiro atoms. The second kappa shape index (κ2) is 11.1. The van der Waals surface area contributed by atoms with Crippen molar-refractivity contribution < 1.29 is 24.1 Å². The molecule has 0 saturated carbocycles. The molecular formula is C26H34BrN5O5. The molecule has 2 N–H and O–H groups in total. The molecule has 1 amide bonds. The predicted octanol–water partition coefficient (Wildman–Crippen LogP) is 4.60. The topological polar surface area (TPSA) is 110 Å². The molecule has 0 aliphatic carbocycles. The number of imidazole rings is 1. The first kappa shape index (κ1) is 27.0. The van der Waals surface area contributed by atoms with Gasteiger partial charge in [0, 0.05) is 43.0 Å². The van der Waals surface area contributed by atoms with Crippen molar-refractivity contribution in [3.63, 3.8) is 0 Å². The van der Waals surface area contributed by atoms with Gasteiger partial charge in [0.05, 0.1) is 26.9 Å². The van der Waals surface area contributed by atoms with Gasteiger partial charge in [-0.05, 0) is 61.7 Å². The van der Waals surface area contributed by atoms with Gasteiger partial charge in [0.25, 0.3) is 0 Å². The Morgan fingerprint density at radius 1 is 1.24 bits per heavy atom. The third-order valence-corrected chi connectivity index (χ3v) is 6.94. The number of nitrogens with one attached hydrogen (secondary N) is 1. The number of aliphatic hydroxyl groups is 1. The highest BCUT2D eigenvalue weighted by molar-refractivity contribution is 9.10. The van der Waals surface area contributed by atoms with Crippen molar-refractivity contribution in [2.24, 2.45) is 0 Å². The summed E-state index contributed by atoms with van der Waals surface area (Å²) >= 11 is 3.62. The van der Waals surface area contributed by atoms with Gasteiger partial charge in [0.1, 0.15) is 33.0 Å². The number of piperidine rings is 1. The van der Waals surface area contributed by atoms with E-state index >= 15 is 0 Å². The number of anilines is 1. The first-order chi connectivity index (χ1) is 17.6. The maximum Gasteiger partial charge on any atom is 0.410 e. The van der Waals surface area contributed by atoms with Gasteiger partial charge >= 0.3 is 6.09 Å². The summed E-state index contributed by atoms with van der Waals surface area (Å²) in [6, 6.07) is 5.41. The zero-order valence-corrected chi connectivity index (χ0v) is 23.4. The second-order valence-corrected chi connectivity index (χ2v) is 10.8. The molecule has 0 bridgehead atoms. The first-order valence-corrected chi connectivity index (χ1v) is 13.0. The van der Waals surface area contributed by atoms with Gasteiger partial charge < -0.3 is 29.5 Å². The number of ether oxygens (including phenoxy) is 3. The third-order valence-electron chi connectivity index (χ3n) is 6.39. The van der Waals surface area contributed by atoms with E-state index in [9.17, 15) is 9.90 Å². The quantitative estimate of drug-likeness (QED) is 0.420. The molecule has 0 radical (unpaired) electrons. The van der Waals surface area contributed by atoms with Gasteiger partial charge in [-0.3, -0.25) is 4.40 Å². The van der Waals surface area contributed by atoms with E-state index < -0.39 is 11.7 Å². The number of carbonyl (C=O) groups is 1. The van der Waals surface area contributed by atoms with Crippen LogP contribution < -0.4 is 14.8 Å². The van der Waals surface area contributed by atoms with Gasteiger partial charge in [-0.25, -0.2) is 14.8 Å². The zero-order valence-electron chi connectivity index (χ0n) is 21.8. The fourth-order valence-electron chi connectivity index (χ4n) is 4.59. The molecular weight excluding hydrogens is 542 g/mol. The van der Waals surface area contributed by atoms with Crippen molar-refractivity contribution in [2.75, 3.05) is 32.7 Å². The minimum absolute atomic E-state index is 0.0361. The maximum atomic E-state index is 12.9. The highest BCUT2D eigenvalue weighted by Gasteiger charge is 2.36. The SMILES string of the molecule is COc1ccc(CNc2nccn3c(C4CCC(CO)N(C(=O)OC(C)(C)C)C4)nc(Br)c23)c(OC)c1. The van der Waals surface area contributed by atoms with E-state index in [1.807, 2.05) is 49.6 Å². The van der Waals surface area contributed by atoms with E-state index in [0.717, 1.165) is 34.8 Å². The Morgan fingerprint density at radius 3 is 2.70 bits per heavy atom. The lowest BCUT2D eigenvalue weighted by Gasteiger charge is -2.39. The average Bonchev–Trinajstić information content (AvgIpc) is 3.22. The molecule has 11 heteroatoms. The van der Waals surface area contributed by atoms with Crippen LogP contribution in [0.15, 0.2) is 35.2 Å². The van der Waals surface area contributed by atoms with Crippen LogP contribution in [0.4, 0.5) is 10.6 Å². The van der Waals surface area contributed by atoms with Crippen LogP contribution in [-0.2, 0) is 11.3 Å². The molecule has 2 aromatic heterocycles. The van der Waals surface area contributed by atoms with E-state index in [2.05, 4.69) is 26.2 Å². The van der Waals surface area contributed by atoms with E-state index in [0.29, 0.717) is 29.9 Å². The lowest BCUT2D eigenvalue weighted by Crippen LogP contribution is -2.50. The molecule has 1 aromatic carbocycles. The minimum atomic E-state index is -0.619. The molecule has 2 atom stereocenters. The van der Waals surface area contributed by atoms with Crippen molar-refractivity contribution in [2.45, 2.75) is 57.7 Å². The predicted molar refractivity (Wildman–Crippen MR) is 143 cm³/mol. The number of benzene rings is 1. The van der Waals surface area contributed by atoms with Crippen LogP contribution in [0.5, 0.6) is 11.5 Å². The van der Waals surface area contributed by atoms with Crippen molar-refractivity contribution in [1.29, 1.82) is 0 Å². The molecule has 200 valence electrons. The fraction of sp³-hybridized carbons (Fsp3) is 0.500. The maximum absolute atomic E-state index is 12.9. The number of hydrogen-bond donors (Lipinski definition) is 2. The Labute approximate surface area is 225 Å². The van der Waals surface area contributed by atoms with E-state index in [-0.39, 0.29) is 18.6 Å². The molecule has 1 saturated heterocycles. The number of likely N-dealkylation sites (tertiary alicyclic amines) is 1. The Balaban J connectivity index is 1.59. The summed E-state index contributed by atoms with van der Waals surface area (Å²) < 4.78 is 19.1. The van der Waals surface area contributed by atoms with Crippen LogP contribution in [0.2, 0.25) is 0 Å². The Morgan fingerprint density at radius 2 is 2.03 bits per heavy atom. The molecule has 1 aliphatic rings. The minimum Gasteiger partial charge on any atom is -0.497 e. The van der Waals surface area contributed by atoms with Gasteiger partial charge in [-0.1, -0.05) is 0 Å². The summed E-state index contributed by atoms with van der Waals surface area (Å²) in [4.78, 5) is 23.9. The molecule has 37 heavy (non-hydrogen) atoms. The van der Waals surface area contributed by atoms with Crippen LogP contribution in [0.1, 0.15) is 50.9 Å². The molecule has 2 unspecified atom stereocenters. The standard InChI is InChI=1S/C26H34BrN5O5/c1-26(2,3)37-25(34)32-14-17(6-8-18(32)15-33)24-30-22(27)21-23(28-10-11-31(21)24)29-13-16-7-9-19(35-4)12-20(16)36-5/h7,9-12,17-18,33H,6,8,13-15H2,1-5H3,(H,28,29).